The molecular weight excluding hydrogens is 279 g/mol. The minimum Gasteiger partial charge on any atom is -0.475 e. The largest absolute Gasteiger partial charge is 0.516 e. The Hall–Kier alpha value is -1.76. The molecule has 8 heteroatoms. The number of hydrogen-bond acceptors (Lipinski definition) is 3. The molecule has 2 rings (SSSR count). The molecule has 0 unspecified atom stereocenters. The molecule has 0 saturated heterocycles. The van der Waals surface area contributed by atoms with E-state index in [9.17, 15) is 12.9 Å². The topological polar surface area (TPSA) is 35.0 Å². The Morgan fingerprint density at radius 3 is 2.47 bits per heavy atom. The molecule has 1 aromatic carbocycles. The minimum atomic E-state index is -5.24. The standard InChI is InChI=1S/C11H8BClF3N2O/c13-11-17-6-9(12(14,15)16)10(18-11)19-7-8-4-2-1-3-5-8/h1-6H,7H2/q-1. The first kappa shape index (κ1) is 13.7. The zero-order chi connectivity index (χ0) is 13.9. The Morgan fingerprint density at radius 1 is 1.16 bits per heavy atom. The lowest BCUT2D eigenvalue weighted by Gasteiger charge is -2.18. The average molecular weight is 287 g/mol. The van der Waals surface area contributed by atoms with Gasteiger partial charge in [-0.3, -0.25) is 0 Å². The number of nitrogens with zero attached hydrogens (tertiary/aromatic N) is 2. The number of halogens is 4. The van der Waals surface area contributed by atoms with Crippen LogP contribution < -0.4 is 10.2 Å². The van der Waals surface area contributed by atoms with Gasteiger partial charge in [0, 0.05) is 6.20 Å². The second-order valence-corrected chi connectivity index (χ2v) is 4.09. The van der Waals surface area contributed by atoms with Gasteiger partial charge in [-0.05, 0) is 22.6 Å². The molecule has 1 heterocycles. The van der Waals surface area contributed by atoms with Crippen molar-refractivity contribution in [2.75, 3.05) is 0 Å². The molecule has 0 spiro atoms. The van der Waals surface area contributed by atoms with E-state index in [1.54, 1.807) is 30.3 Å². The Balaban J connectivity index is 2.22. The molecule has 0 radical (unpaired) electrons. The van der Waals surface area contributed by atoms with Gasteiger partial charge in [0.2, 0.25) is 5.28 Å². The highest BCUT2D eigenvalue weighted by Crippen LogP contribution is 2.17. The van der Waals surface area contributed by atoms with E-state index in [2.05, 4.69) is 9.97 Å². The zero-order valence-corrected chi connectivity index (χ0v) is 10.3. The van der Waals surface area contributed by atoms with Gasteiger partial charge in [0.1, 0.15) is 6.61 Å². The molecule has 100 valence electrons. The maximum Gasteiger partial charge on any atom is 0.516 e. The van der Waals surface area contributed by atoms with Crippen molar-refractivity contribution < 1.29 is 17.7 Å². The van der Waals surface area contributed by atoms with Gasteiger partial charge in [0.15, 0.2) is 5.88 Å². The van der Waals surface area contributed by atoms with Crippen molar-refractivity contribution in [3.8, 4) is 5.88 Å². The Bertz CT molecular complexity index is 566. The molecule has 3 nitrogen and oxygen atoms in total. The van der Waals surface area contributed by atoms with E-state index in [4.69, 9.17) is 16.3 Å². The van der Waals surface area contributed by atoms with Crippen LogP contribution in [0.2, 0.25) is 5.28 Å². The van der Waals surface area contributed by atoms with Crippen LogP contribution in [0.15, 0.2) is 36.5 Å². The van der Waals surface area contributed by atoms with Gasteiger partial charge in [0.25, 0.3) is 0 Å². The first-order valence-electron chi connectivity index (χ1n) is 5.36. The van der Waals surface area contributed by atoms with E-state index in [0.717, 1.165) is 5.56 Å². The van der Waals surface area contributed by atoms with Crippen LogP contribution in [-0.4, -0.2) is 16.9 Å². The van der Waals surface area contributed by atoms with Crippen molar-refractivity contribution in [2.45, 2.75) is 6.61 Å². The third-order valence-corrected chi connectivity index (χ3v) is 2.50. The van der Waals surface area contributed by atoms with Crippen LogP contribution in [0.25, 0.3) is 0 Å². The summed E-state index contributed by atoms with van der Waals surface area (Å²) in [5, 5.41) is -0.285. The number of ether oxygens (including phenoxy) is 1. The molecule has 0 aliphatic carbocycles. The molecule has 1 aromatic heterocycles. The third-order valence-electron chi connectivity index (χ3n) is 2.32. The average Bonchev–Trinajstić information content (AvgIpc) is 2.36. The molecule has 0 N–H and O–H groups in total. The summed E-state index contributed by atoms with van der Waals surface area (Å²) in [5.41, 5.74) is -0.252. The second kappa shape index (κ2) is 5.48. The summed E-state index contributed by atoms with van der Waals surface area (Å²) in [6.07, 6.45) is 0.635. The SMILES string of the molecule is F[B-](F)(F)c1cnc(Cl)nc1OCc1ccccc1. The fraction of sp³-hybridized carbons (Fsp3) is 0.0909. The van der Waals surface area contributed by atoms with Gasteiger partial charge in [-0.1, -0.05) is 30.3 Å². The van der Waals surface area contributed by atoms with Crippen LogP contribution in [0, 0.1) is 0 Å². The van der Waals surface area contributed by atoms with Crippen molar-refractivity contribution in [1.29, 1.82) is 0 Å². The van der Waals surface area contributed by atoms with E-state index >= 15 is 0 Å². The van der Waals surface area contributed by atoms with E-state index < -0.39 is 18.3 Å². The number of benzene rings is 1. The zero-order valence-electron chi connectivity index (χ0n) is 9.56. The van der Waals surface area contributed by atoms with Gasteiger partial charge in [0.05, 0.1) is 0 Å². The molecule has 19 heavy (non-hydrogen) atoms. The molecule has 0 aliphatic rings. The summed E-state index contributed by atoms with van der Waals surface area (Å²) in [6, 6.07) is 8.80. The number of rotatable bonds is 4. The molecule has 0 fully saturated rings. The normalized spacial score (nSPS) is 11.4. The minimum absolute atomic E-state index is 0.0205. The van der Waals surface area contributed by atoms with Gasteiger partial charge >= 0.3 is 6.98 Å². The first-order valence-corrected chi connectivity index (χ1v) is 5.74. The molecule has 0 saturated carbocycles. The van der Waals surface area contributed by atoms with Crippen LogP contribution in [0.1, 0.15) is 5.56 Å². The lowest BCUT2D eigenvalue weighted by atomic mass is 9.82. The van der Waals surface area contributed by atoms with Crippen LogP contribution in [0.3, 0.4) is 0 Å². The maximum atomic E-state index is 12.8. The molecule has 0 atom stereocenters. The highest BCUT2D eigenvalue weighted by molar-refractivity contribution is 6.74. The predicted molar refractivity (Wildman–Crippen MR) is 66.5 cm³/mol. The molecule has 2 aromatic rings. The van der Waals surface area contributed by atoms with Gasteiger partial charge in [-0.2, -0.15) is 4.98 Å². The van der Waals surface area contributed by atoms with Crippen molar-refractivity contribution in [3.05, 3.63) is 47.4 Å². The molecule has 0 bridgehead atoms. The summed E-state index contributed by atoms with van der Waals surface area (Å²) < 4.78 is 43.4. The summed E-state index contributed by atoms with van der Waals surface area (Å²) in [7, 11) is 0. The Kier molecular flexibility index (Phi) is 3.94. The fourth-order valence-electron chi connectivity index (χ4n) is 1.42. The molecule has 0 aliphatic heterocycles. The summed E-state index contributed by atoms with van der Waals surface area (Å²) in [6.45, 7) is -5.26. The van der Waals surface area contributed by atoms with Crippen LogP contribution in [-0.2, 0) is 6.61 Å². The van der Waals surface area contributed by atoms with E-state index in [-0.39, 0.29) is 11.9 Å². The Morgan fingerprint density at radius 2 is 1.84 bits per heavy atom. The smallest absolute Gasteiger partial charge is 0.475 e. The van der Waals surface area contributed by atoms with Gasteiger partial charge in [-0.25, -0.2) is 4.98 Å². The predicted octanol–water partition coefficient (Wildman–Crippen LogP) is 2.76. The third kappa shape index (κ3) is 3.60. The van der Waals surface area contributed by atoms with Crippen molar-refractivity contribution >= 4 is 24.0 Å². The molecular formula is C11H8BClF3N2O-. The summed E-state index contributed by atoms with van der Waals surface area (Å²) >= 11 is 5.49. The highest BCUT2D eigenvalue weighted by Gasteiger charge is 2.31. The number of hydrogen-bond donors (Lipinski definition) is 0. The van der Waals surface area contributed by atoms with Crippen LogP contribution in [0.5, 0.6) is 5.88 Å². The van der Waals surface area contributed by atoms with Crippen molar-refractivity contribution in [2.24, 2.45) is 0 Å². The monoisotopic (exact) mass is 287 g/mol. The lowest BCUT2D eigenvalue weighted by molar-refractivity contribution is 0.294. The summed E-state index contributed by atoms with van der Waals surface area (Å²) in [5.74, 6) is -0.545. The van der Waals surface area contributed by atoms with Gasteiger partial charge in [-0.15, -0.1) is 0 Å². The Labute approximate surface area is 112 Å². The van der Waals surface area contributed by atoms with Gasteiger partial charge < -0.3 is 17.7 Å². The van der Waals surface area contributed by atoms with Crippen LogP contribution >= 0.6 is 11.6 Å². The van der Waals surface area contributed by atoms with E-state index in [1.165, 1.54) is 0 Å². The molecule has 0 amide bonds. The quantitative estimate of drug-likeness (QED) is 0.640. The summed E-state index contributed by atoms with van der Waals surface area (Å²) in [4.78, 5) is 6.81. The highest BCUT2D eigenvalue weighted by atomic mass is 35.5. The van der Waals surface area contributed by atoms with Crippen molar-refractivity contribution in [3.63, 3.8) is 0 Å². The first-order chi connectivity index (χ1) is 8.97. The van der Waals surface area contributed by atoms with Crippen LogP contribution in [0.4, 0.5) is 12.9 Å². The fourth-order valence-corrected chi connectivity index (χ4v) is 1.55. The second-order valence-electron chi connectivity index (χ2n) is 3.75. The number of aromatic nitrogens is 2. The van der Waals surface area contributed by atoms with E-state index in [0.29, 0.717) is 6.20 Å². The van der Waals surface area contributed by atoms with E-state index in [1.807, 2.05) is 0 Å². The lowest BCUT2D eigenvalue weighted by Crippen LogP contribution is -2.36. The maximum absolute atomic E-state index is 12.8. The van der Waals surface area contributed by atoms with Crippen molar-refractivity contribution in [1.82, 2.24) is 9.97 Å².